The number of rotatable bonds is 7. The van der Waals surface area contributed by atoms with Crippen LogP contribution in [0.4, 0.5) is 5.69 Å². The Morgan fingerprint density at radius 2 is 1.94 bits per heavy atom. The molecule has 2 aromatic heterocycles. The summed E-state index contributed by atoms with van der Waals surface area (Å²) in [6.07, 6.45) is 1.72. The smallest absolute Gasteiger partial charge is 0.336 e. The maximum absolute atomic E-state index is 12.0. The second-order valence-electron chi connectivity index (χ2n) is 6.94. The summed E-state index contributed by atoms with van der Waals surface area (Å²) in [4.78, 5) is 21.8. The summed E-state index contributed by atoms with van der Waals surface area (Å²) < 4.78 is 10.6. The fraction of sp³-hybridized carbons (Fsp3) is 0.174. The van der Waals surface area contributed by atoms with Gasteiger partial charge in [-0.05, 0) is 53.8 Å². The Morgan fingerprint density at radius 1 is 1.13 bits per heavy atom. The lowest BCUT2D eigenvalue weighted by molar-refractivity contribution is 0.0697. The van der Waals surface area contributed by atoms with E-state index in [-0.39, 0.29) is 5.56 Å². The second kappa shape index (κ2) is 8.61. The van der Waals surface area contributed by atoms with Crippen LogP contribution in [-0.2, 0) is 6.54 Å². The van der Waals surface area contributed by atoms with E-state index in [0.717, 1.165) is 21.5 Å². The number of hydrogen-bond acceptors (Lipinski definition) is 7. The molecule has 7 nitrogen and oxygen atoms in total. The van der Waals surface area contributed by atoms with Crippen molar-refractivity contribution in [2.45, 2.75) is 13.5 Å². The third kappa shape index (κ3) is 4.15. The first-order valence-corrected chi connectivity index (χ1v) is 10.4. The first-order chi connectivity index (χ1) is 15.0. The Morgan fingerprint density at radius 3 is 2.68 bits per heavy atom. The minimum absolute atomic E-state index is 0.201. The number of aryl methyl sites for hydroxylation is 1. The molecule has 0 radical (unpaired) electrons. The van der Waals surface area contributed by atoms with Crippen molar-refractivity contribution in [2.75, 3.05) is 19.5 Å². The maximum Gasteiger partial charge on any atom is 0.336 e. The van der Waals surface area contributed by atoms with Crippen LogP contribution in [0.2, 0.25) is 0 Å². The summed E-state index contributed by atoms with van der Waals surface area (Å²) in [7, 11) is 3.19. The van der Waals surface area contributed by atoms with Gasteiger partial charge in [-0.3, -0.25) is 0 Å². The van der Waals surface area contributed by atoms with Crippen LogP contribution in [0.1, 0.15) is 21.5 Å². The third-order valence-electron chi connectivity index (χ3n) is 4.94. The number of nitrogens with zero attached hydrogens (tertiary/aromatic N) is 2. The number of methoxy groups -OCH3 is 2. The topological polar surface area (TPSA) is 93.6 Å². The summed E-state index contributed by atoms with van der Waals surface area (Å²) in [6, 6.07) is 11.2. The zero-order valence-corrected chi connectivity index (χ0v) is 18.1. The molecule has 0 saturated heterocycles. The Balaban J connectivity index is 1.68. The van der Waals surface area contributed by atoms with Gasteiger partial charge in [0.1, 0.15) is 4.83 Å². The van der Waals surface area contributed by atoms with Crippen LogP contribution < -0.4 is 14.8 Å². The first-order valence-electron chi connectivity index (χ1n) is 9.53. The highest BCUT2D eigenvalue weighted by atomic mass is 32.1. The van der Waals surface area contributed by atoms with Gasteiger partial charge in [0.15, 0.2) is 17.3 Å². The van der Waals surface area contributed by atoms with Crippen molar-refractivity contribution in [2.24, 2.45) is 0 Å². The molecule has 158 valence electrons. The Hall–Kier alpha value is -3.65. The van der Waals surface area contributed by atoms with E-state index >= 15 is 0 Å². The number of carbonyl (C=O) groups is 1. The summed E-state index contributed by atoms with van der Waals surface area (Å²) in [5, 5.41) is 16.0. The van der Waals surface area contributed by atoms with Gasteiger partial charge in [0.2, 0.25) is 0 Å². The monoisotopic (exact) mass is 435 g/mol. The van der Waals surface area contributed by atoms with Crippen molar-refractivity contribution in [3.05, 3.63) is 64.7 Å². The lowest BCUT2D eigenvalue weighted by atomic mass is 10.00. The largest absolute Gasteiger partial charge is 0.493 e. The van der Waals surface area contributed by atoms with Gasteiger partial charge < -0.3 is 19.9 Å². The number of benzene rings is 2. The van der Waals surface area contributed by atoms with E-state index in [4.69, 9.17) is 9.47 Å². The summed E-state index contributed by atoms with van der Waals surface area (Å²) in [5.74, 6) is 0.702. The second-order valence-corrected chi connectivity index (χ2v) is 7.83. The average molecular weight is 436 g/mol. The zero-order valence-electron chi connectivity index (χ0n) is 17.3. The highest BCUT2D eigenvalue weighted by molar-refractivity contribution is 7.16. The molecular formula is C23H21N3O4S. The number of carboxylic acid groups (broad SMARTS) is 1. The molecule has 0 fully saturated rings. The molecule has 2 heterocycles. The lowest BCUT2D eigenvalue weighted by Crippen LogP contribution is -2.07. The number of thiophene rings is 1. The third-order valence-corrected chi connectivity index (χ3v) is 5.76. The lowest BCUT2D eigenvalue weighted by Gasteiger charge is -2.14. The molecule has 2 N–H and O–H groups in total. The molecule has 0 amide bonds. The minimum atomic E-state index is -1.01. The van der Waals surface area contributed by atoms with Crippen LogP contribution >= 0.6 is 11.3 Å². The van der Waals surface area contributed by atoms with E-state index < -0.39 is 5.97 Å². The SMILES string of the molecule is COc1ccc(CNc2cc(C)c(C(=O)O)c(-c3ncc4ccsc4n3)c2)cc1OC. The van der Waals surface area contributed by atoms with Gasteiger partial charge in [0.25, 0.3) is 0 Å². The predicted octanol–water partition coefficient (Wildman–Crippen LogP) is 4.99. The van der Waals surface area contributed by atoms with E-state index in [1.54, 1.807) is 33.4 Å². The summed E-state index contributed by atoms with van der Waals surface area (Å²) in [6.45, 7) is 2.30. The van der Waals surface area contributed by atoms with Gasteiger partial charge in [0.05, 0.1) is 19.8 Å². The Bertz CT molecular complexity index is 1270. The van der Waals surface area contributed by atoms with Crippen molar-refractivity contribution in [1.29, 1.82) is 0 Å². The number of nitrogens with one attached hydrogen (secondary N) is 1. The fourth-order valence-corrected chi connectivity index (χ4v) is 4.17. The zero-order chi connectivity index (χ0) is 22.0. The van der Waals surface area contributed by atoms with Crippen molar-refractivity contribution < 1.29 is 19.4 Å². The number of aromatic carboxylic acids is 1. The summed E-state index contributed by atoms with van der Waals surface area (Å²) in [5.41, 5.74) is 3.09. The van der Waals surface area contributed by atoms with Gasteiger partial charge in [-0.2, -0.15) is 0 Å². The maximum atomic E-state index is 12.0. The molecule has 0 bridgehead atoms. The van der Waals surface area contributed by atoms with Crippen molar-refractivity contribution in [3.63, 3.8) is 0 Å². The fourth-order valence-electron chi connectivity index (χ4n) is 3.43. The van der Waals surface area contributed by atoms with Crippen LogP contribution in [-0.4, -0.2) is 35.3 Å². The molecular weight excluding hydrogens is 414 g/mol. The average Bonchev–Trinajstić information content (AvgIpc) is 3.24. The molecule has 31 heavy (non-hydrogen) atoms. The van der Waals surface area contributed by atoms with Crippen LogP contribution in [0.3, 0.4) is 0 Å². The van der Waals surface area contributed by atoms with Gasteiger partial charge >= 0.3 is 5.97 Å². The predicted molar refractivity (Wildman–Crippen MR) is 121 cm³/mol. The molecule has 8 heteroatoms. The molecule has 0 aliphatic heterocycles. The standard InChI is InChI=1S/C23H21N3O4S/c1-13-8-16(24-11-14-4-5-18(29-2)19(9-14)30-3)10-17(20(13)23(27)28)21-25-12-15-6-7-31-22(15)26-21/h4-10,12,24H,11H2,1-3H3,(H,27,28). The highest BCUT2D eigenvalue weighted by Crippen LogP contribution is 2.31. The minimum Gasteiger partial charge on any atom is -0.493 e. The highest BCUT2D eigenvalue weighted by Gasteiger charge is 2.19. The van der Waals surface area contributed by atoms with Crippen LogP contribution in [0.25, 0.3) is 21.6 Å². The Labute approximate surface area is 183 Å². The molecule has 0 atom stereocenters. The van der Waals surface area contributed by atoms with Gasteiger partial charge in [-0.25, -0.2) is 14.8 Å². The van der Waals surface area contributed by atoms with Gasteiger partial charge in [-0.1, -0.05) is 6.07 Å². The normalized spacial score (nSPS) is 10.8. The molecule has 4 aromatic rings. The van der Waals surface area contributed by atoms with Gasteiger partial charge in [-0.15, -0.1) is 11.3 Å². The molecule has 0 aliphatic carbocycles. The summed E-state index contributed by atoms with van der Waals surface area (Å²) >= 11 is 1.50. The number of fused-ring (bicyclic) bond motifs is 1. The van der Waals surface area contributed by atoms with Crippen molar-refractivity contribution >= 4 is 33.2 Å². The van der Waals surface area contributed by atoms with Crippen LogP contribution in [0, 0.1) is 6.92 Å². The quantitative estimate of drug-likeness (QED) is 0.422. The van der Waals surface area contributed by atoms with Crippen LogP contribution in [0.5, 0.6) is 11.5 Å². The van der Waals surface area contributed by atoms with E-state index in [9.17, 15) is 9.90 Å². The van der Waals surface area contributed by atoms with E-state index in [1.165, 1.54) is 11.3 Å². The molecule has 0 saturated carbocycles. The molecule has 2 aromatic carbocycles. The Kier molecular flexibility index (Phi) is 5.73. The molecule has 0 aliphatic rings. The van der Waals surface area contributed by atoms with E-state index in [1.807, 2.05) is 35.7 Å². The number of anilines is 1. The molecule has 0 spiro atoms. The first kappa shape index (κ1) is 20.6. The number of ether oxygens (including phenoxy) is 2. The number of aromatic nitrogens is 2. The van der Waals surface area contributed by atoms with Crippen LogP contribution in [0.15, 0.2) is 48.0 Å². The van der Waals surface area contributed by atoms with E-state index in [2.05, 4.69) is 15.3 Å². The van der Waals surface area contributed by atoms with E-state index in [0.29, 0.717) is 35.0 Å². The number of carboxylic acids is 1. The van der Waals surface area contributed by atoms with Crippen molar-refractivity contribution in [1.82, 2.24) is 9.97 Å². The molecule has 0 unspecified atom stereocenters. The van der Waals surface area contributed by atoms with Gasteiger partial charge in [0, 0.05) is 29.4 Å². The molecule has 4 rings (SSSR count). The van der Waals surface area contributed by atoms with Crippen molar-refractivity contribution in [3.8, 4) is 22.9 Å². The number of hydrogen-bond donors (Lipinski definition) is 2.